The number of benzene rings is 2. The summed E-state index contributed by atoms with van der Waals surface area (Å²) in [7, 11) is 1.68. The fourth-order valence-electron chi connectivity index (χ4n) is 1.39. The molecular formula is C13H12INOS. The number of ether oxygens (including phenoxy) is 1. The standard InChI is InChI=1S/C13H12INOS/c1-16-10-3-2-4-11(8-10)17-13-6-5-9(15)7-12(13)14/h2-8H,15H2,1H3. The highest BCUT2D eigenvalue weighted by Crippen LogP contribution is 2.33. The molecule has 4 heteroatoms. The van der Waals surface area contributed by atoms with Gasteiger partial charge in [0.05, 0.1) is 7.11 Å². The number of nitrogen functional groups attached to an aromatic ring is 1. The van der Waals surface area contributed by atoms with Gasteiger partial charge in [-0.15, -0.1) is 0 Å². The van der Waals surface area contributed by atoms with Crippen LogP contribution in [0.1, 0.15) is 0 Å². The van der Waals surface area contributed by atoms with Crippen molar-refractivity contribution in [1.82, 2.24) is 0 Å². The fraction of sp³-hybridized carbons (Fsp3) is 0.0769. The molecule has 0 aliphatic carbocycles. The number of methoxy groups -OCH3 is 1. The molecule has 2 N–H and O–H groups in total. The Morgan fingerprint density at radius 1 is 1.18 bits per heavy atom. The number of hydrogen-bond acceptors (Lipinski definition) is 3. The zero-order chi connectivity index (χ0) is 12.3. The maximum Gasteiger partial charge on any atom is 0.119 e. The van der Waals surface area contributed by atoms with Crippen molar-refractivity contribution in [2.24, 2.45) is 0 Å². The minimum atomic E-state index is 0.796. The van der Waals surface area contributed by atoms with Crippen LogP contribution in [-0.4, -0.2) is 7.11 Å². The molecular weight excluding hydrogens is 345 g/mol. The first-order valence-corrected chi connectivity index (χ1v) is 6.95. The summed E-state index contributed by atoms with van der Waals surface area (Å²) in [6.45, 7) is 0. The summed E-state index contributed by atoms with van der Waals surface area (Å²) in [6, 6.07) is 14.0. The van der Waals surface area contributed by atoms with E-state index in [2.05, 4.69) is 28.7 Å². The summed E-state index contributed by atoms with van der Waals surface area (Å²) in [5, 5.41) is 0. The highest BCUT2D eigenvalue weighted by Gasteiger charge is 2.03. The maximum atomic E-state index is 5.73. The topological polar surface area (TPSA) is 35.2 Å². The molecule has 0 fully saturated rings. The van der Waals surface area contributed by atoms with Crippen molar-refractivity contribution in [2.75, 3.05) is 12.8 Å². The number of nitrogens with two attached hydrogens (primary N) is 1. The highest BCUT2D eigenvalue weighted by atomic mass is 127. The second-order valence-corrected chi connectivity index (χ2v) is 5.75. The summed E-state index contributed by atoms with van der Waals surface area (Å²) >= 11 is 4.01. The molecule has 0 bridgehead atoms. The number of anilines is 1. The van der Waals surface area contributed by atoms with Crippen LogP contribution < -0.4 is 10.5 Å². The van der Waals surface area contributed by atoms with Crippen molar-refractivity contribution in [3.05, 3.63) is 46.0 Å². The van der Waals surface area contributed by atoms with Gasteiger partial charge in [-0.3, -0.25) is 0 Å². The van der Waals surface area contributed by atoms with E-state index in [4.69, 9.17) is 10.5 Å². The molecule has 2 rings (SSSR count). The first-order chi connectivity index (χ1) is 8.19. The van der Waals surface area contributed by atoms with E-state index >= 15 is 0 Å². The van der Waals surface area contributed by atoms with Gasteiger partial charge in [0.15, 0.2) is 0 Å². The van der Waals surface area contributed by atoms with Crippen LogP contribution in [-0.2, 0) is 0 Å². The van der Waals surface area contributed by atoms with Crippen LogP contribution in [0.15, 0.2) is 52.3 Å². The third kappa shape index (κ3) is 3.29. The Kier molecular flexibility index (Phi) is 4.17. The van der Waals surface area contributed by atoms with Gasteiger partial charge in [-0.1, -0.05) is 17.8 Å². The molecule has 0 saturated carbocycles. The molecule has 2 aromatic rings. The molecule has 0 saturated heterocycles. The minimum Gasteiger partial charge on any atom is -0.497 e. The van der Waals surface area contributed by atoms with Crippen LogP contribution >= 0.6 is 34.4 Å². The van der Waals surface area contributed by atoms with Gasteiger partial charge in [0.2, 0.25) is 0 Å². The molecule has 0 aliphatic heterocycles. The maximum absolute atomic E-state index is 5.73. The lowest BCUT2D eigenvalue weighted by atomic mass is 10.3. The van der Waals surface area contributed by atoms with Gasteiger partial charge in [0, 0.05) is 19.0 Å². The molecule has 0 heterocycles. The van der Waals surface area contributed by atoms with Gasteiger partial charge >= 0.3 is 0 Å². The number of hydrogen-bond donors (Lipinski definition) is 1. The van der Waals surface area contributed by atoms with Crippen LogP contribution in [0, 0.1) is 3.57 Å². The van der Waals surface area contributed by atoms with E-state index in [0.717, 1.165) is 19.9 Å². The Bertz CT molecular complexity index is 531. The summed E-state index contributed by atoms with van der Waals surface area (Å²) in [6.07, 6.45) is 0. The molecule has 88 valence electrons. The molecule has 0 radical (unpaired) electrons. The number of rotatable bonds is 3. The number of halogens is 1. The van der Waals surface area contributed by atoms with Crippen LogP contribution in [0.5, 0.6) is 5.75 Å². The third-order valence-corrected chi connectivity index (χ3v) is 4.55. The molecule has 0 amide bonds. The second kappa shape index (κ2) is 5.64. The van der Waals surface area contributed by atoms with Crippen LogP contribution in [0.2, 0.25) is 0 Å². The van der Waals surface area contributed by atoms with Crippen molar-refractivity contribution in [2.45, 2.75) is 9.79 Å². The summed E-state index contributed by atoms with van der Waals surface area (Å²) in [5.74, 6) is 0.875. The van der Waals surface area contributed by atoms with Crippen molar-refractivity contribution in [3.8, 4) is 5.75 Å². The predicted molar refractivity (Wildman–Crippen MR) is 80.7 cm³/mol. The highest BCUT2D eigenvalue weighted by molar-refractivity contribution is 14.1. The Hall–Kier alpha value is -0.880. The van der Waals surface area contributed by atoms with Gasteiger partial charge in [-0.05, 0) is 59.0 Å². The first kappa shape index (κ1) is 12.6. The van der Waals surface area contributed by atoms with Gasteiger partial charge < -0.3 is 10.5 Å². The van der Waals surface area contributed by atoms with Crippen molar-refractivity contribution < 1.29 is 4.74 Å². The summed E-state index contributed by atoms with van der Waals surface area (Å²) < 4.78 is 6.37. The van der Waals surface area contributed by atoms with E-state index in [9.17, 15) is 0 Å². The molecule has 17 heavy (non-hydrogen) atoms. The Morgan fingerprint density at radius 3 is 2.71 bits per heavy atom. The van der Waals surface area contributed by atoms with Crippen LogP contribution in [0.25, 0.3) is 0 Å². The van der Waals surface area contributed by atoms with Crippen molar-refractivity contribution in [3.63, 3.8) is 0 Å². The fourth-order valence-corrected chi connectivity index (χ4v) is 3.13. The van der Waals surface area contributed by atoms with E-state index in [1.54, 1.807) is 18.9 Å². The molecule has 0 aromatic heterocycles. The van der Waals surface area contributed by atoms with Gasteiger partial charge in [0.25, 0.3) is 0 Å². The van der Waals surface area contributed by atoms with E-state index in [1.807, 2.05) is 36.4 Å². The largest absolute Gasteiger partial charge is 0.497 e. The first-order valence-electron chi connectivity index (χ1n) is 5.06. The van der Waals surface area contributed by atoms with Crippen LogP contribution in [0.4, 0.5) is 5.69 Å². The van der Waals surface area contributed by atoms with Crippen molar-refractivity contribution in [1.29, 1.82) is 0 Å². The molecule has 0 aliphatic rings. The molecule has 0 spiro atoms. The smallest absolute Gasteiger partial charge is 0.119 e. The second-order valence-electron chi connectivity index (χ2n) is 3.47. The van der Waals surface area contributed by atoms with E-state index in [0.29, 0.717) is 0 Å². The summed E-state index contributed by atoms with van der Waals surface area (Å²) in [5.41, 5.74) is 6.53. The SMILES string of the molecule is COc1cccc(Sc2ccc(N)cc2I)c1. The van der Waals surface area contributed by atoms with E-state index in [-0.39, 0.29) is 0 Å². The Labute approximate surface area is 119 Å². The molecule has 2 aromatic carbocycles. The molecule has 2 nitrogen and oxygen atoms in total. The quantitative estimate of drug-likeness (QED) is 0.665. The van der Waals surface area contributed by atoms with E-state index < -0.39 is 0 Å². The van der Waals surface area contributed by atoms with Crippen molar-refractivity contribution >= 4 is 40.0 Å². The predicted octanol–water partition coefficient (Wildman–Crippen LogP) is 4.03. The van der Waals surface area contributed by atoms with Gasteiger partial charge in [0.1, 0.15) is 5.75 Å². The lowest BCUT2D eigenvalue weighted by molar-refractivity contribution is 0.413. The third-order valence-electron chi connectivity index (χ3n) is 2.22. The summed E-state index contributed by atoms with van der Waals surface area (Å²) in [4.78, 5) is 2.36. The lowest BCUT2D eigenvalue weighted by Crippen LogP contribution is -1.87. The molecule has 0 unspecified atom stereocenters. The monoisotopic (exact) mass is 357 g/mol. The zero-order valence-corrected chi connectivity index (χ0v) is 12.3. The minimum absolute atomic E-state index is 0.796. The zero-order valence-electron chi connectivity index (χ0n) is 9.31. The normalized spacial score (nSPS) is 10.2. The lowest BCUT2D eigenvalue weighted by Gasteiger charge is -2.06. The Balaban J connectivity index is 2.25. The van der Waals surface area contributed by atoms with E-state index in [1.165, 1.54) is 4.90 Å². The Morgan fingerprint density at radius 2 is 2.00 bits per heavy atom. The average Bonchev–Trinajstić information content (AvgIpc) is 2.33. The van der Waals surface area contributed by atoms with Gasteiger partial charge in [-0.25, -0.2) is 0 Å². The average molecular weight is 357 g/mol. The van der Waals surface area contributed by atoms with Crippen LogP contribution in [0.3, 0.4) is 0 Å². The molecule has 0 atom stereocenters. The van der Waals surface area contributed by atoms with Gasteiger partial charge in [-0.2, -0.15) is 0 Å².